The van der Waals surface area contributed by atoms with Gasteiger partial charge in [0.05, 0.1) is 4.92 Å². The van der Waals surface area contributed by atoms with Gasteiger partial charge in [-0.2, -0.15) is 0 Å². The van der Waals surface area contributed by atoms with Gasteiger partial charge >= 0.3 is 0 Å². The summed E-state index contributed by atoms with van der Waals surface area (Å²) in [5, 5.41) is 10.6. The number of rotatable bonds is 4. The number of hydrogen-bond acceptors (Lipinski definition) is 3. The highest BCUT2D eigenvalue weighted by molar-refractivity contribution is 9.10. The quantitative estimate of drug-likeness (QED) is 0.628. The fourth-order valence-corrected chi connectivity index (χ4v) is 1.98. The van der Waals surface area contributed by atoms with Crippen LogP contribution in [-0.4, -0.2) is 4.92 Å². The topological polar surface area (TPSA) is 52.4 Å². The van der Waals surface area contributed by atoms with Crippen molar-refractivity contribution in [3.8, 4) is 5.75 Å². The van der Waals surface area contributed by atoms with Crippen LogP contribution in [0.2, 0.25) is 0 Å². The number of hydrogen-bond donors (Lipinski definition) is 0. The van der Waals surface area contributed by atoms with Gasteiger partial charge in [-0.25, -0.2) is 4.39 Å². The Morgan fingerprint density at radius 3 is 2.74 bits per heavy atom. The molecule has 0 unspecified atom stereocenters. The van der Waals surface area contributed by atoms with Crippen LogP contribution in [0.1, 0.15) is 5.56 Å². The lowest BCUT2D eigenvalue weighted by atomic mass is 10.2. The maximum absolute atomic E-state index is 13.1. The van der Waals surface area contributed by atoms with E-state index in [1.807, 2.05) is 0 Å². The van der Waals surface area contributed by atoms with Gasteiger partial charge in [-0.05, 0) is 17.7 Å². The molecule has 0 aromatic heterocycles. The SMILES string of the molecule is O=[N+]([O-])c1cccc(COc2cc(F)cc(Br)c2)c1. The third kappa shape index (κ3) is 3.75. The van der Waals surface area contributed by atoms with Crippen molar-refractivity contribution < 1.29 is 14.1 Å². The van der Waals surface area contributed by atoms with Crippen LogP contribution in [0.25, 0.3) is 0 Å². The Labute approximate surface area is 117 Å². The third-order valence-electron chi connectivity index (χ3n) is 2.36. The Bertz CT molecular complexity index is 598. The maximum atomic E-state index is 13.1. The fourth-order valence-electron chi connectivity index (χ4n) is 1.54. The molecule has 0 aliphatic rings. The Balaban J connectivity index is 2.10. The predicted octanol–water partition coefficient (Wildman–Crippen LogP) is 4.08. The van der Waals surface area contributed by atoms with Crippen LogP contribution in [0.5, 0.6) is 5.75 Å². The average Bonchev–Trinajstić information content (AvgIpc) is 2.35. The molecule has 0 spiro atoms. The van der Waals surface area contributed by atoms with E-state index >= 15 is 0 Å². The second-order valence-corrected chi connectivity index (χ2v) is 4.74. The van der Waals surface area contributed by atoms with Crippen LogP contribution in [-0.2, 0) is 6.61 Å². The van der Waals surface area contributed by atoms with E-state index in [0.717, 1.165) is 0 Å². The molecule has 0 radical (unpaired) electrons. The highest BCUT2D eigenvalue weighted by Gasteiger charge is 2.06. The van der Waals surface area contributed by atoms with Crippen LogP contribution >= 0.6 is 15.9 Å². The highest BCUT2D eigenvalue weighted by atomic mass is 79.9. The van der Waals surface area contributed by atoms with Gasteiger partial charge < -0.3 is 4.74 Å². The van der Waals surface area contributed by atoms with Gasteiger partial charge in [-0.3, -0.25) is 10.1 Å². The van der Waals surface area contributed by atoms with Gasteiger partial charge in [0.2, 0.25) is 0 Å². The van der Waals surface area contributed by atoms with Crippen molar-refractivity contribution in [3.63, 3.8) is 0 Å². The molecule has 2 aromatic rings. The smallest absolute Gasteiger partial charge is 0.269 e. The number of benzene rings is 2. The molecule has 0 aliphatic heterocycles. The highest BCUT2D eigenvalue weighted by Crippen LogP contribution is 2.22. The summed E-state index contributed by atoms with van der Waals surface area (Å²) in [6, 6.07) is 10.3. The van der Waals surface area contributed by atoms with Gasteiger partial charge in [-0.1, -0.05) is 28.1 Å². The second-order valence-electron chi connectivity index (χ2n) is 3.82. The van der Waals surface area contributed by atoms with Crippen LogP contribution < -0.4 is 4.74 Å². The van der Waals surface area contributed by atoms with Crippen molar-refractivity contribution in [2.75, 3.05) is 0 Å². The summed E-state index contributed by atoms with van der Waals surface area (Å²) in [6.45, 7) is 0.136. The van der Waals surface area contributed by atoms with Crippen molar-refractivity contribution in [1.29, 1.82) is 0 Å². The molecule has 0 N–H and O–H groups in total. The summed E-state index contributed by atoms with van der Waals surface area (Å²) in [4.78, 5) is 10.2. The first-order valence-corrected chi connectivity index (χ1v) is 6.16. The average molecular weight is 326 g/mol. The second kappa shape index (κ2) is 5.79. The Morgan fingerprint density at radius 1 is 1.26 bits per heavy atom. The Kier molecular flexibility index (Phi) is 4.11. The van der Waals surface area contributed by atoms with E-state index in [1.54, 1.807) is 18.2 Å². The van der Waals surface area contributed by atoms with Gasteiger partial charge in [0.1, 0.15) is 18.2 Å². The summed E-state index contributed by atoms with van der Waals surface area (Å²) in [7, 11) is 0. The lowest BCUT2D eigenvalue weighted by Crippen LogP contribution is -1.97. The molecule has 4 nitrogen and oxygen atoms in total. The van der Waals surface area contributed by atoms with E-state index in [-0.39, 0.29) is 12.3 Å². The molecule has 98 valence electrons. The van der Waals surface area contributed by atoms with E-state index < -0.39 is 10.7 Å². The first-order chi connectivity index (χ1) is 9.04. The van der Waals surface area contributed by atoms with Gasteiger partial charge in [0.15, 0.2) is 0 Å². The summed E-state index contributed by atoms with van der Waals surface area (Å²) >= 11 is 3.16. The maximum Gasteiger partial charge on any atom is 0.269 e. The largest absolute Gasteiger partial charge is 0.489 e. The fraction of sp³-hybridized carbons (Fsp3) is 0.0769. The van der Waals surface area contributed by atoms with E-state index in [2.05, 4.69) is 15.9 Å². The Morgan fingerprint density at radius 2 is 2.05 bits per heavy atom. The zero-order chi connectivity index (χ0) is 13.8. The molecule has 0 bridgehead atoms. The lowest BCUT2D eigenvalue weighted by molar-refractivity contribution is -0.384. The van der Waals surface area contributed by atoms with Crippen LogP contribution in [0, 0.1) is 15.9 Å². The number of nitro groups is 1. The predicted molar refractivity (Wildman–Crippen MR) is 71.5 cm³/mol. The van der Waals surface area contributed by atoms with Gasteiger partial charge in [-0.15, -0.1) is 0 Å². The van der Waals surface area contributed by atoms with Crippen LogP contribution in [0.3, 0.4) is 0 Å². The summed E-state index contributed by atoms with van der Waals surface area (Å²) in [5.41, 5.74) is 0.649. The molecule has 0 atom stereocenters. The lowest BCUT2D eigenvalue weighted by Gasteiger charge is -2.07. The standard InChI is InChI=1S/C13H9BrFNO3/c14-10-5-11(15)7-13(6-10)19-8-9-2-1-3-12(4-9)16(17)18/h1-7H,8H2. The first-order valence-electron chi connectivity index (χ1n) is 5.37. The minimum Gasteiger partial charge on any atom is -0.489 e. The molecular formula is C13H9BrFNO3. The normalized spacial score (nSPS) is 10.2. The molecule has 2 aromatic carbocycles. The van der Waals surface area contributed by atoms with E-state index in [9.17, 15) is 14.5 Å². The van der Waals surface area contributed by atoms with Crippen LogP contribution in [0.4, 0.5) is 10.1 Å². The summed E-state index contributed by atoms with van der Waals surface area (Å²) in [6.07, 6.45) is 0. The summed E-state index contributed by atoms with van der Waals surface area (Å²) in [5.74, 6) is -0.0539. The van der Waals surface area contributed by atoms with Crippen molar-refractivity contribution in [1.82, 2.24) is 0 Å². The number of non-ortho nitro benzene ring substituents is 1. The van der Waals surface area contributed by atoms with Crippen molar-refractivity contribution in [2.24, 2.45) is 0 Å². The molecular weight excluding hydrogens is 317 g/mol. The molecule has 0 aliphatic carbocycles. The minimum atomic E-state index is -0.470. The first kappa shape index (κ1) is 13.5. The molecule has 0 amide bonds. The molecule has 0 heterocycles. The number of nitro benzene ring substituents is 1. The number of halogens is 2. The van der Waals surface area contributed by atoms with Crippen molar-refractivity contribution in [2.45, 2.75) is 6.61 Å². The molecule has 0 fully saturated rings. The molecule has 2 rings (SSSR count). The Hall–Kier alpha value is -1.95. The number of ether oxygens (including phenoxy) is 1. The monoisotopic (exact) mass is 325 g/mol. The molecule has 19 heavy (non-hydrogen) atoms. The van der Waals surface area contributed by atoms with Crippen molar-refractivity contribution >= 4 is 21.6 Å². The number of nitrogens with zero attached hydrogens (tertiary/aromatic N) is 1. The van der Waals surface area contributed by atoms with Crippen LogP contribution in [0.15, 0.2) is 46.9 Å². The van der Waals surface area contributed by atoms with E-state index in [1.165, 1.54) is 24.3 Å². The van der Waals surface area contributed by atoms with E-state index in [4.69, 9.17) is 4.74 Å². The zero-order valence-electron chi connectivity index (χ0n) is 9.68. The van der Waals surface area contributed by atoms with Gasteiger partial charge in [0, 0.05) is 22.7 Å². The van der Waals surface area contributed by atoms with Crippen molar-refractivity contribution in [3.05, 3.63) is 68.4 Å². The minimum absolute atomic E-state index is 0.00141. The summed E-state index contributed by atoms with van der Waals surface area (Å²) < 4.78 is 19.1. The molecule has 0 saturated heterocycles. The zero-order valence-corrected chi connectivity index (χ0v) is 11.3. The van der Waals surface area contributed by atoms with Gasteiger partial charge in [0.25, 0.3) is 5.69 Å². The molecule has 6 heteroatoms. The van der Waals surface area contributed by atoms with E-state index in [0.29, 0.717) is 15.8 Å². The molecule has 0 saturated carbocycles. The third-order valence-corrected chi connectivity index (χ3v) is 2.82.